The van der Waals surface area contributed by atoms with Gasteiger partial charge < -0.3 is 20.4 Å². The molecular formula is C38H78O6. The van der Waals surface area contributed by atoms with Crippen molar-refractivity contribution in [1.82, 2.24) is 0 Å². The van der Waals surface area contributed by atoms with Gasteiger partial charge in [0, 0.05) is 12.8 Å². The van der Waals surface area contributed by atoms with Gasteiger partial charge in [-0.25, -0.2) is 0 Å². The van der Waals surface area contributed by atoms with Gasteiger partial charge in [-0.15, -0.1) is 0 Å². The molecule has 0 saturated heterocycles. The smallest absolute Gasteiger partial charge is 0.303 e. The van der Waals surface area contributed by atoms with Crippen LogP contribution in [0.25, 0.3) is 0 Å². The summed E-state index contributed by atoms with van der Waals surface area (Å²) in [5.74, 6) is -1.74. The quantitative estimate of drug-likeness (QED) is 0.0566. The molecule has 0 amide bonds. The number of hydrogen-bond acceptors (Lipinski definition) is 4. The first-order valence-electron chi connectivity index (χ1n) is 19.0. The van der Waals surface area contributed by atoms with Crippen LogP contribution in [0.4, 0.5) is 0 Å². The molecule has 0 aromatic heterocycles. The number of aliphatic carboxylic acids is 2. The van der Waals surface area contributed by atoms with Crippen molar-refractivity contribution in [3.8, 4) is 0 Å². The van der Waals surface area contributed by atoms with Crippen molar-refractivity contribution >= 4 is 11.9 Å². The van der Waals surface area contributed by atoms with Crippen molar-refractivity contribution in [1.29, 1.82) is 0 Å². The van der Waals surface area contributed by atoms with Gasteiger partial charge in [-0.3, -0.25) is 9.59 Å². The van der Waals surface area contributed by atoms with E-state index in [9.17, 15) is 19.8 Å². The molecule has 266 valence electrons. The third kappa shape index (κ3) is 50.5. The molecule has 0 rings (SSSR count). The lowest BCUT2D eigenvalue weighted by Gasteiger charge is -2.09. The van der Waals surface area contributed by atoms with Gasteiger partial charge in [0.15, 0.2) is 0 Å². The average molecular weight is 631 g/mol. The summed E-state index contributed by atoms with van der Waals surface area (Å²) < 4.78 is 0. The highest BCUT2D eigenvalue weighted by Gasteiger charge is 2.04. The van der Waals surface area contributed by atoms with Gasteiger partial charge in [0.25, 0.3) is 0 Å². The number of carbonyl (C=O) groups is 2. The van der Waals surface area contributed by atoms with E-state index in [1.807, 2.05) is 0 Å². The second kappa shape index (κ2) is 41.9. The van der Waals surface area contributed by atoms with Crippen LogP contribution < -0.4 is 0 Å². The predicted octanol–water partition coefficient (Wildman–Crippen LogP) is 11.6. The molecule has 44 heavy (non-hydrogen) atoms. The molecular weight excluding hydrogens is 552 g/mol. The summed E-state index contributed by atoms with van der Waals surface area (Å²) in [4.78, 5) is 19.8. The highest BCUT2D eigenvalue weighted by atomic mass is 16.4. The molecule has 0 saturated carbocycles. The van der Waals surface area contributed by atoms with Crippen LogP contribution in [-0.2, 0) is 9.59 Å². The SMILES string of the molecule is CCCCCCCCCC(O)CCCCCC.CCCCCCCCCC(O)CCCCCC.O=C(O)CCCCC(=O)O. The topological polar surface area (TPSA) is 115 Å². The molecule has 4 N–H and O–H groups in total. The fourth-order valence-electron chi connectivity index (χ4n) is 5.13. The largest absolute Gasteiger partial charge is 0.481 e. The molecule has 0 bridgehead atoms. The van der Waals surface area contributed by atoms with E-state index in [4.69, 9.17) is 10.2 Å². The Labute approximate surface area is 274 Å². The highest BCUT2D eigenvalue weighted by molar-refractivity contribution is 5.67. The van der Waals surface area contributed by atoms with Crippen LogP contribution in [0, 0.1) is 0 Å². The van der Waals surface area contributed by atoms with Crippen molar-refractivity contribution in [3.05, 3.63) is 0 Å². The normalized spacial score (nSPS) is 12.0. The van der Waals surface area contributed by atoms with E-state index in [0.29, 0.717) is 12.8 Å². The van der Waals surface area contributed by atoms with E-state index in [0.717, 1.165) is 25.7 Å². The Morgan fingerprint density at radius 1 is 0.364 bits per heavy atom. The predicted molar refractivity (Wildman–Crippen MR) is 188 cm³/mol. The lowest BCUT2D eigenvalue weighted by Crippen LogP contribution is -2.05. The molecule has 0 aromatic carbocycles. The van der Waals surface area contributed by atoms with E-state index in [2.05, 4.69) is 27.7 Å². The molecule has 0 aliphatic carbocycles. The first-order valence-corrected chi connectivity index (χ1v) is 19.0. The summed E-state index contributed by atoms with van der Waals surface area (Å²) >= 11 is 0. The second-order valence-corrected chi connectivity index (χ2v) is 12.8. The molecule has 6 nitrogen and oxygen atoms in total. The summed E-state index contributed by atoms with van der Waals surface area (Å²) in [7, 11) is 0. The maximum atomic E-state index is 9.90. The van der Waals surface area contributed by atoms with Gasteiger partial charge in [0.2, 0.25) is 0 Å². The zero-order valence-electron chi connectivity index (χ0n) is 30.0. The molecule has 0 radical (unpaired) electrons. The molecule has 0 aliphatic rings. The Morgan fingerprint density at radius 3 is 0.795 bits per heavy atom. The van der Waals surface area contributed by atoms with Gasteiger partial charge in [-0.05, 0) is 38.5 Å². The van der Waals surface area contributed by atoms with Crippen molar-refractivity contribution < 1.29 is 30.0 Å². The number of hydrogen-bond donors (Lipinski definition) is 4. The zero-order chi connectivity index (χ0) is 33.5. The summed E-state index contributed by atoms with van der Waals surface area (Å²) in [6, 6.07) is 0. The standard InChI is InChI=1S/2C16H34O.C6H10O4/c2*1-3-5-7-9-10-11-13-15-16(17)14-12-8-6-4-2;7-5(8)3-1-2-4-6(9)10/h2*16-17H,3-15H2,1-2H3;1-4H2,(H,7,8)(H,9,10). The molecule has 0 aliphatic heterocycles. The minimum absolute atomic E-state index is 0.0255. The summed E-state index contributed by atoms with van der Waals surface area (Å²) in [5, 5.41) is 35.8. The highest BCUT2D eigenvalue weighted by Crippen LogP contribution is 2.15. The van der Waals surface area contributed by atoms with Crippen LogP contribution in [0.5, 0.6) is 0 Å². The van der Waals surface area contributed by atoms with Gasteiger partial charge >= 0.3 is 11.9 Å². The van der Waals surface area contributed by atoms with Crippen LogP contribution in [0.1, 0.15) is 220 Å². The Kier molecular flexibility index (Phi) is 45.0. The van der Waals surface area contributed by atoms with Crippen LogP contribution in [0.2, 0.25) is 0 Å². The number of aliphatic hydroxyl groups excluding tert-OH is 2. The third-order valence-corrected chi connectivity index (χ3v) is 8.09. The van der Waals surface area contributed by atoms with Gasteiger partial charge in [0.1, 0.15) is 0 Å². The van der Waals surface area contributed by atoms with E-state index < -0.39 is 11.9 Å². The van der Waals surface area contributed by atoms with Crippen molar-refractivity contribution in [3.63, 3.8) is 0 Å². The first-order chi connectivity index (χ1) is 21.2. The number of carboxylic acids is 2. The molecule has 0 spiro atoms. The Balaban J connectivity index is -0.000000594. The molecule has 2 unspecified atom stereocenters. The van der Waals surface area contributed by atoms with Gasteiger partial charge in [0.05, 0.1) is 12.2 Å². The monoisotopic (exact) mass is 631 g/mol. The minimum atomic E-state index is -0.870. The lowest BCUT2D eigenvalue weighted by molar-refractivity contribution is -0.139. The van der Waals surface area contributed by atoms with E-state index in [1.165, 1.54) is 141 Å². The zero-order valence-corrected chi connectivity index (χ0v) is 30.0. The lowest BCUT2D eigenvalue weighted by atomic mass is 10.0. The Morgan fingerprint density at radius 2 is 0.568 bits per heavy atom. The molecule has 0 fully saturated rings. The van der Waals surface area contributed by atoms with Crippen LogP contribution >= 0.6 is 0 Å². The third-order valence-electron chi connectivity index (χ3n) is 8.09. The number of carboxylic acid groups (broad SMARTS) is 2. The summed E-state index contributed by atoms with van der Waals surface area (Å²) in [6.45, 7) is 8.98. The molecule has 6 heteroatoms. The van der Waals surface area contributed by atoms with Crippen LogP contribution in [0.3, 0.4) is 0 Å². The summed E-state index contributed by atoms with van der Waals surface area (Å²) in [6.07, 6.45) is 34.1. The van der Waals surface area contributed by atoms with Gasteiger partial charge in [-0.2, -0.15) is 0 Å². The van der Waals surface area contributed by atoms with Crippen LogP contribution in [0.15, 0.2) is 0 Å². The molecule has 0 heterocycles. The summed E-state index contributed by atoms with van der Waals surface area (Å²) in [5.41, 5.74) is 0. The van der Waals surface area contributed by atoms with E-state index in [-0.39, 0.29) is 25.0 Å². The first kappa shape index (κ1) is 47.3. The minimum Gasteiger partial charge on any atom is -0.481 e. The maximum absolute atomic E-state index is 9.90. The fraction of sp³-hybridized carbons (Fsp3) is 0.947. The average Bonchev–Trinajstić information content (AvgIpc) is 2.99. The Hall–Kier alpha value is -1.14. The van der Waals surface area contributed by atoms with Gasteiger partial charge in [-0.1, -0.05) is 169 Å². The molecule has 2 atom stereocenters. The second-order valence-electron chi connectivity index (χ2n) is 12.8. The molecule has 0 aromatic rings. The number of unbranched alkanes of at least 4 members (excludes halogenated alkanes) is 19. The maximum Gasteiger partial charge on any atom is 0.303 e. The number of aliphatic hydroxyl groups is 2. The van der Waals surface area contributed by atoms with E-state index >= 15 is 0 Å². The van der Waals surface area contributed by atoms with E-state index in [1.54, 1.807) is 0 Å². The Bertz CT molecular complexity index is 505. The van der Waals surface area contributed by atoms with Crippen LogP contribution in [-0.4, -0.2) is 44.6 Å². The van der Waals surface area contributed by atoms with Crippen molar-refractivity contribution in [2.75, 3.05) is 0 Å². The van der Waals surface area contributed by atoms with Crippen molar-refractivity contribution in [2.45, 2.75) is 233 Å². The number of rotatable bonds is 31. The van der Waals surface area contributed by atoms with Crippen molar-refractivity contribution in [2.24, 2.45) is 0 Å². The fourth-order valence-corrected chi connectivity index (χ4v) is 5.13.